The standard InChI is InChI=1S/C16H26N4/c1-11(2)16-18-14(17-3)8-15(19-16)20(9-12-4-5-12)10-13-6-7-13/h8,11-13H,4-7,9-10H2,1-3H3,(H,17,18,19). The van der Waals surface area contributed by atoms with Gasteiger partial charge in [-0.3, -0.25) is 0 Å². The predicted molar refractivity (Wildman–Crippen MR) is 83.3 cm³/mol. The van der Waals surface area contributed by atoms with Crippen LogP contribution < -0.4 is 10.2 Å². The normalized spacial score (nSPS) is 18.4. The van der Waals surface area contributed by atoms with Gasteiger partial charge in [0.25, 0.3) is 0 Å². The molecular weight excluding hydrogens is 248 g/mol. The van der Waals surface area contributed by atoms with Crippen molar-refractivity contribution in [2.45, 2.75) is 45.4 Å². The molecule has 2 aliphatic carbocycles. The Morgan fingerprint density at radius 3 is 2.20 bits per heavy atom. The van der Waals surface area contributed by atoms with Crippen LogP contribution >= 0.6 is 0 Å². The summed E-state index contributed by atoms with van der Waals surface area (Å²) in [6.07, 6.45) is 5.56. The zero-order valence-electron chi connectivity index (χ0n) is 12.9. The van der Waals surface area contributed by atoms with Gasteiger partial charge in [0.1, 0.15) is 17.5 Å². The van der Waals surface area contributed by atoms with Crippen LogP contribution in [-0.4, -0.2) is 30.1 Å². The van der Waals surface area contributed by atoms with E-state index in [1.54, 1.807) is 0 Å². The molecule has 2 fully saturated rings. The molecule has 1 aromatic rings. The van der Waals surface area contributed by atoms with Gasteiger partial charge in [-0.15, -0.1) is 0 Å². The van der Waals surface area contributed by atoms with E-state index in [9.17, 15) is 0 Å². The molecule has 0 amide bonds. The first-order valence-electron chi connectivity index (χ1n) is 7.97. The van der Waals surface area contributed by atoms with E-state index in [0.29, 0.717) is 5.92 Å². The third kappa shape index (κ3) is 3.41. The lowest BCUT2D eigenvalue weighted by Crippen LogP contribution is -2.29. The van der Waals surface area contributed by atoms with Gasteiger partial charge >= 0.3 is 0 Å². The van der Waals surface area contributed by atoms with Crippen LogP contribution in [0.15, 0.2) is 6.07 Å². The van der Waals surface area contributed by atoms with E-state index in [1.807, 2.05) is 7.05 Å². The fourth-order valence-corrected chi connectivity index (χ4v) is 2.49. The number of hydrogen-bond acceptors (Lipinski definition) is 4. The van der Waals surface area contributed by atoms with Crippen molar-refractivity contribution in [3.05, 3.63) is 11.9 Å². The summed E-state index contributed by atoms with van der Waals surface area (Å²) < 4.78 is 0. The van der Waals surface area contributed by atoms with Crippen molar-refractivity contribution >= 4 is 11.6 Å². The first-order valence-corrected chi connectivity index (χ1v) is 7.97. The van der Waals surface area contributed by atoms with E-state index < -0.39 is 0 Å². The van der Waals surface area contributed by atoms with Crippen LogP contribution in [-0.2, 0) is 0 Å². The fourth-order valence-electron chi connectivity index (χ4n) is 2.49. The highest BCUT2D eigenvalue weighted by Crippen LogP contribution is 2.35. The molecule has 1 aromatic heterocycles. The van der Waals surface area contributed by atoms with Crippen LogP contribution in [0, 0.1) is 11.8 Å². The van der Waals surface area contributed by atoms with Gasteiger partial charge in [-0.1, -0.05) is 13.8 Å². The van der Waals surface area contributed by atoms with Crippen LogP contribution in [0.3, 0.4) is 0 Å². The average molecular weight is 274 g/mol. The molecule has 0 spiro atoms. The van der Waals surface area contributed by atoms with Crippen LogP contribution in [0.5, 0.6) is 0 Å². The lowest BCUT2D eigenvalue weighted by Gasteiger charge is -2.25. The molecule has 20 heavy (non-hydrogen) atoms. The monoisotopic (exact) mass is 274 g/mol. The molecule has 3 rings (SSSR count). The molecule has 0 atom stereocenters. The third-order valence-corrected chi connectivity index (χ3v) is 4.18. The van der Waals surface area contributed by atoms with Gasteiger partial charge in [0.05, 0.1) is 0 Å². The average Bonchev–Trinajstić information content (AvgIpc) is 3.32. The summed E-state index contributed by atoms with van der Waals surface area (Å²) in [5, 5.41) is 3.18. The van der Waals surface area contributed by atoms with Crippen molar-refractivity contribution < 1.29 is 0 Å². The smallest absolute Gasteiger partial charge is 0.135 e. The third-order valence-electron chi connectivity index (χ3n) is 4.18. The number of hydrogen-bond donors (Lipinski definition) is 1. The molecule has 4 heteroatoms. The summed E-state index contributed by atoms with van der Waals surface area (Å²) in [5.74, 6) is 5.16. The molecule has 1 heterocycles. The van der Waals surface area contributed by atoms with E-state index in [4.69, 9.17) is 4.98 Å². The van der Waals surface area contributed by atoms with E-state index in [2.05, 4.69) is 35.1 Å². The summed E-state index contributed by atoms with van der Waals surface area (Å²) in [6.45, 7) is 6.66. The molecule has 0 unspecified atom stereocenters. The van der Waals surface area contributed by atoms with Crippen LogP contribution in [0.1, 0.15) is 51.3 Å². The maximum atomic E-state index is 4.82. The van der Waals surface area contributed by atoms with Crippen molar-refractivity contribution in [2.75, 3.05) is 30.4 Å². The summed E-state index contributed by atoms with van der Waals surface area (Å²) in [5.41, 5.74) is 0. The van der Waals surface area contributed by atoms with E-state index in [0.717, 1.165) is 29.3 Å². The predicted octanol–water partition coefficient (Wildman–Crippen LogP) is 3.27. The lowest BCUT2D eigenvalue weighted by atomic mass is 10.2. The van der Waals surface area contributed by atoms with Crippen molar-refractivity contribution in [1.29, 1.82) is 0 Å². The van der Waals surface area contributed by atoms with E-state index >= 15 is 0 Å². The highest BCUT2D eigenvalue weighted by molar-refractivity contribution is 5.49. The molecule has 0 radical (unpaired) electrons. The number of aromatic nitrogens is 2. The molecule has 1 N–H and O–H groups in total. The number of nitrogens with zero attached hydrogens (tertiary/aromatic N) is 3. The van der Waals surface area contributed by atoms with Gasteiger partial charge in [0.15, 0.2) is 0 Å². The Hall–Kier alpha value is -1.32. The van der Waals surface area contributed by atoms with Crippen LogP contribution in [0.4, 0.5) is 11.6 Å². The Bertz CT molecular complexity index is 450. The van der Waals surface area contributed by atoms with Crippen molar-refractivity contribution in [1.82, 2.24) is 9.97 Å². The minimum absolute atomic E-state index is 0.366. The topological polar surface area (TPSA) is 41.0 Å². The molecule has 0 aromatic carbocycles. The Balaban J connectivity index is 1.84. The Kier molecular flexibility index (Phi) is 3.81. The quantitative estimate of drug-likeness (QED) is 0.828. The van der Waals surface area contributed by atoms with Gasteiger partial charge in [-0.05, 0) is 37.5 Å². The molecule has 0 saturated heterocycles. The summed E-state index contributed by atoms with van der Waals surface area (Å²) in [7, 11) is 1.93. The summed E-state index contributed by atoms with van der Waals surface area (Å²) in [4.78, 5) is 11.9. The summed E-state index contributed by atoms with van der Waals surface area (Å²) in [6, 6.07) is 2.11. The second-order valence-electron chi connectivity index (χ2n) is 6.67. The maximum absolute atomic E-state index is 4.82. The molecule has 4 nitrogen and oxygen atoms in total. The Morgan fingerprint density at radius 1 is 1.15 bits per heavy atom. The minimum atomic E-state index is 0.366. The van der Waals surface area contributed by atoms with Crippen molar-refractivity contribution in [3.63, 3.8) is 0 Å². The van der Waals surface area contributed by atoms with Gasteiger partial charge in [-0.2, -0.15) is 0 Å². The Labute approximate surface area is 122 Å². The number of rotatable bonds is 7. The number of anilines is 2. The molecule has 2 saturated carbocycles. The largest absolute Gasteiger partial charge is 0.373 e. The highest BCUT2D eigenvalue weighted by atomic mass is 15.2. The molecule has 110 valence electrons. The van der Waals surface area contributed by atoms with Crippen LogP contribution in [0.2, 0.25) is 0 Å². The van der Waals surface area contributed by atoms with Gasteiger partial charge in [0.2, 0.25) is 0 Å². The van der Waals surface area contributed by atoms with E-state index in [1.165, 1.54) is 38.8 Å². The summed E-state index contributed by atoms with van der Waals surface area (Å²) >= 11 is 0. The SMILES string of the molecule is CNc1cc(N(CC2CC2)CC2CC2)nc(C(C)C)n1. The zero-order chi connectivity index (χ0) is 14.1. The minimum Gasteiger partial charge on any atom is -0.373 e. The first-order chi connectivity index (χ1) is 9.65. The lowest BCUT2D eigenvalue weighted by molar-refractivity contribution is 0.663. The van der Waals surface area contributed by atoms with Gasteiger partial charge in [0, 0.05) is 32.1 Å². The van der Waals surface area contributed by atoms with E-state index in [-0.39, 0.29) is 0 Å². The highest BCUT2D eigenvalue weighted by Gasteiger charge is 2.30. The second-order valence-corrected chi connectivity index (χ2v) is 6.67. The van der Waals surface area contributed by atoms with Gasteiger partial charge < -0.3 is 10.2 Å². The second kappa shape index (κ2) is 5.58. The molecule has 2 aliphatic rings. The molecule has 0 bridgehead atoms. The maximum Gasteiger partial charge on any atom is 0.135 e. The van der Waals surface area contributed by atoms with Gasteiger partial charge in [-0.25, -0.2) is 9.97 Å². The first kappa shape index (κ1) is 13.7. The number of nitrogens with one attached hydrogen (secondary N) is 1. The Morgan fingerprint density at radius 2 is 1.75 bits per heavy atom. The van der Waals surface area contributed by atoms with Crippen LogP contribution in [0.25, 0.3) is 0 Å². The molecule has 0 aliphatic heterocycles. The zero-order valence-corrected chi connectivity index (χ0v) is 12.9. The molecular formula is C16H26N4. The fraction of sp³-hybridized carbons (Fsp3) is 0.750. The van der Waals surface area contributed by atoms with Crippen molar-refractivity contribution in [3.8, 4) is 0 Å². The van der Waals surface area contributed by atoms with Crippen molar-refractivity contribution in [2.24, 2.45) is 11.8 Å².